The lowest BCUT2D eigenvalue weighted by atomic mass is 9.91. The van der Waals surface area contributed by atoms with Gasteiger partial charge in [0.25, 0.3) is 0 Å². The van der Waals surface area contributed by atoms with Crippen molar-refractivity contribution in [1.29, 1.82) is 0 Å². The van der Waals surface area contributed by atoms with Crippen molar-refractivity contribution in [3.8, 4) is 11.6 Å². The van der Waals surface area contributed by atoms with Crippen LogP contribution in [0.3, 0.4) is 0 Å². The summed E-state index contributed by atoms with van der Waals surface area (Å²) >= 11 is 0. The Morgan fingerprint density at radius 1 is 1.12 bits per heavy atom. The number of carbonyl (C=O) groups is 1. The second-order valence-electron chi connectivity index (χ2n) is 8.85. The van der Waals surface area contributed by atoms with E-state index in [1.165, 1.54) is 5.56 Å². The molecule has 1 unspecified atom stereocenters. The minimum Gasteiger partial charge on any atom is -0.453 e. The van der Waals surface area contributed by atoms with Crippen molar-refractivity contribution < 1.29 is 13.7 Å². The summed E-state index contributed by atoms with van der Waals surface area (Å²) < 4.78 is 11.3. The standard InChI is InChI=1S/C27H30N4O3/c1-3-30(4-2)17-19-15-20-9-5-7-11-22(20)31(18-19)26(32)14-13-25-28-27(29-34-25)24-16-21-10-6-8-12-23(21)33-24/h5-12,16,19H,3-4,13-15,17-18H2,1-2H3. The number of fused-ring (bicyclic) bond motifs is 2. The van der Waals surface area contributed by atoms with Crippen LogP contribution in [0.15, 0.2) is 63.5 Å². The van der Waals surface area contributed by atoms with Crippen LogP contribution in [0.5, 0.6) is 0 Å². The first kappa shape index (κ1) is 22.3. The zero-order valence-corrected chi connectivity index (χ0v) is 19.7. The van der Waals surface area contributed by atoms with E-state index in [2.05, 4.69) is 41.0 Å². The minimum atomic E-state index is 0.0835. The number of rotatable bonds is 8. The summed E-state index contributed by atoms with van der Waals surface area (Å²) in [6, 6.07) is 17.9. The third kappa shape index (κ3) is 4.61. The first-order valence-corrected chi connectivity index (χ1v) is 12.1. The highest BCUT2D eigenvalue weighted by Gasteiger charge is 2.29. The van der Waals surface area contributed by atoms with Crippen molar-refractivity contribution in [2.24, 2.45) is 5.92 Å². The van der Waals surface area contributed by atoms with Crippen molar-refractivity contribution in [2.45, 2.75) is 33.1 Å². The van der Waals surface area contributed by atoms with Gasteiger partial charge >= 0.3 is 0 Å². The van der Waals surface area contributed by atoms with Gasteiger partial charge in [-0.2, -0.15) is 4.98 Å². The fourth-order valence-electron chi connectivity index (χ4n) is 4.78. The number of carbonyl (C=O) groups excluding carboxylic acids is 1. The van der Waals surface area contributed by atoms with Gasteiger partial charge in [-0.1, -0.05) is 55.4 Å². The molecule has 0 bridgehead atoms. The molecule has 7 nitrogen and oxygen atoms in total. The Kier molecular flexibility index (Phi) is 6.45. The number of anilines is 1. The summed E-state index contributed by atoms with van der Waals surface area (Å²) in [5.41, 5.74) is 3.04. The van der Waals surface area contributed by atoms with Crippen LogP contribution < -0.4 is 4.90 Å². The SMILES string of the molecule is CCN(CC)CC1Cc2ccccc2N(C(=O)CCc2nc(-c3cc4ccccc4o3)no2)C1. The second-order valence-corrected chi connectivity index (χ2v) is 8.85. The third-order valence-corrected chi connectivity index (χ3v) is 6.61. The lowest BCUT2D eigenvalue weighted by molar-refractivity contribution is -0.118. The van der Waals surface area contributed by atoms with Crippen LogP contribution in [-0.2, 0) is 17.6 Å². The molecule has 0 saturated heterocycles. The van der Waals surface area contributed by atoms with Crippen molar-refractivity contribution in [2.75, 3.05) is 31.1 Å². The summed E-state index contributed by atoms with van der Waals surface area (Å²) in [6.07, 6.45) is 1.71. The molecule has 0 aliphatic carbocycles. The van der Waals surface area contributed by atoms with E-state index in [0.29, 0.717) is 36.2 Å². The highest BCUT2D eigenvalue weighted by atomic mass is 16.5. The molecule has 3 heterocycles. The largest absolute Gasteiger partial charge is 0.453 e. The fourth-order valence-corrected chi connectivity index (χ4v) is 4.78. The highest BCUT2D eigenvalue weighted by Crippen LogP contribution is 2.31. The normalized spacial score (nSPS) is 15.7. The van der Waals surface area contributed by atoms with Gasteiger partial charge in [0.2, 0.25) is 17.6 Å². The maximum Gasteiger partial charge on any atom is 0.238 e. The second kappa shape index (κ2) is 9.81. The summed E-state index contributed by atoms with van der Waals surface area (Å²) in [4.78, 5) is 22.1. The van der Waals surface area contributed by atoms with Crippen molar-refractivity contribution in [3.05, 3.63) is 66.1 Å². The number of aromatic nitrogens is 2. The minimum absolute atomic E-state index is 0.0835. The summed E-state index contributed by atoms with van der Waals surface area (Å²) in [6.45, 7) is 8.15. The molecule has 34 heavy (non-hydrogen) atoms. The molecule has 0 radical (unpaired) electrons. The van der Waals surface area contributed by atoms with E-state index in [1.807, 2.05) is 47.4 Å². The monoisotopic (exact) mass is 458 g/mol. The van der Waals surface area contributed by atoms with E-state index in [4.69, 9.17) is 8.94 Å². The van der Waals surface area contributed by atoms with Gasteiger partial charge in [0.05, 0.1) is 0 Å². The lowest BCUT2D eigenvalue weighted by Gasteiger charge is -2.36. The number of nitrogens with zero attached hydrogens (tertiary/aromatic N) is 4. The number of hydrogen-bond donors (Lipinski definition) is 0. The van der Waals surface area contributed by atoms with Gasteiger partial charge in [-0.05, 0) is 49.2 Å². The molecule has 7 heteroatoms. The first-order chi connectivity index (χ1) is 16.6. The molecular weight excluding hydrogens is 428 g/mol. The van der Waals surface area contributed by atoms with E-state index < -0.39 is 0 Å². The number of amides is 1. The van der Waals surface area contributed by atoms with Gasteiger partial charge in [0.15, 0.2) is 5.76 Å². The van der Waals surface area contributed by atoms with Crippen LogP contribution in [-0.4, -0.2) is 47.1 Å². The molecule has 0 fully saturated rings. The number of furan rings is 1. The van der Waals surface area contributed by atoms with E-state index >= 15 is 0 Å². The molecule has 1 amide bonds. The molecule has 0 spiro atoms. The summed E-state index contributed by atoms with van der Waals surface area (Å²) in [7, 11) is 0. The fraction of sp³-hybridized carbons (Fsp3) is 0.370. The van der Waals surface area contributed by atoms with Gasteiger partial charge in [0, 0.05) is 37.0 Å². The van der Waals surface area contributed by atoms with E-state index in [-0.39, 0.29) is 5.91 Å². The van der Waals surface area contributed by atoms with Crippen LogP contribution in [0.4, 0.5) is 5.69 Å². The van der Waals surface area contributed by atoms with Gasteiger partial charge < -0.3 is 18.7 Å². The quantitative estimate of drug-likeness (QED) is 0.371. The zero-order chi connectivity index (χ0) is 23.5. The van der Waals surface area contributed by atoms with Crippen LogP contribution >= 0.6 is 0 Å². The molecule has 0 saturated carbocycles. The molecular formula is C27H30N4O3. The molecule has 2 aromatic carbocycles. The Morgan fingerprint density at radius 2 is 1.91 bits per heavy atom. The topological polar surface area (TPSA) is 75.6 Å². The average molecular weight is 459 g/mol. The number of hydrogen-bond acceptors (Lipinski definition) is 6. The van der Waals surface area contributed by atoms with Gasteiger partial charge in [-0.3, -0.25) is 4.79 Å². The smallest absolute Gasteiger partial charge is 0.238 e. The Labute approximate surface area is 199 Å². The van der Waals surface area contributed by atoms with Gasteiger partial charge in [-0.15, -0.1) is 0 Å². The van der Waals surface area contributed by atoms with Crippen LogP contribution in [0.25, 0.3) is 22.6 Å². The van der Waals surface area contributed by atoms with E-state index in [9.17, 15) is 4.79 Å². The molecule has 1 aliphatic rings. The number of para-hydroxylation sites is 2. The highest BCUT2D eigenvalue weighted by molar-refractivity contribution is 5.94. The van der Waals surface area contributed by atoms with Crippen molar-refractivity contribution in [1.82, 2.24) is 15.0 Å². The molecule has 1 atom stereocenters. The molecule has 1 aliphatic heterocycles. The predicted molar refractivity (Wildman–Crippen MR) is 132 cm³/mol. The molecule has 5 rings (SSSR count). The van der Waals surface area contributed by atoms with Crippen LogP contribution in [0, 0.1) is 5.92 Å². The molecule has 4 aromatic rings. The third-order valence-electron chi connectivity index (χ3n) is 6.61. The summed E-state index contributed by atoms with van der Waals surface area (Å²) in [5.74, 6) is 1.91. The Hall–Kier alpha value is -3.45. The Balaban J connectivity index is 1.27. The number of aryl methyl sites for hydroxylation is 1. The van der Waals surface area contributed by atoms with Gasteiger partial charge in [-0.25, -0.2) is 0 Å². The molecule has 0 N–H and O–H groups in total. The molecule has 2 aromatic heterocycles. The summed E-state index contributed by atoms with van der Waals surface area (Å²) in [5, 5.41) is 5.05. The maximum absolute atomic E-state index is 13.3. The first-order valence-electron chi connectivity index (χ1n) is 12.1. The van der Waals surface area contributed by atoms with Crippen LogP contribution in [0.1, 0.15) is 31.7 Å². The van der Waals surface area contributed by atoms with Crippen molar-refractivity contribution in [3.63, 3.8) is 0 Å². The Morgan fingerprint density at radius 3 is 2.74 bits per heavy atom. The number of benzene rings is 2. The lowest BCUT2D eigenvalue weighted by Crippen LogP contribution is -2.44. The zero-order valence-electron chi connectivity index (χ0n) is 19.7. The van der Waals surface area contributed by atoms with Gasteiger partial charge in [0.1, 0.15) is 5.58 Å². The van der Waals surface area contributed by atoms with Crippen LogP contribution in [0.2, 0.25) is 0 Å². The molecule has 176 valence electrons. The van der Waals surface area contributed by atoms with Crippen molar-refractivity contribution >= 4 is 22.6 Å². The maximum atomic E-state index is 13.3. The predicted octanol–water partition coefficient (Wildman–Crippen LogP) is 4.96. The Bertz CT molecular complexity index is 1240. The average Bonchev–Trinajstić information content (AvgIpc) is 3.52. The van der Waals surface area contributed by atoms with E-state index in [0.717, 1.165) is 49.3 Å². The van der Waals surface area contributed by atoms with E-state index in [1.54, 1.807) is 0 Å².